The van der Waals surface area contributed by atoms with Crippen LogP contribution in [-0.2, 0) is 4.79 Å². The van der Waals surface area contributed by atoms with E-state index in [1.54, 1.807) is 6.92 Å². The molecule has 3 nitrogen and oxygen atoms in total. The van der Waals surface area contributed by atoms with Crippen LogP contribution in [0.4, 0.5) is 4.79 Å². The minimum atomic E-state index is -0.718. The third-order valence-corrected chi connectivity index (χ3v) is 1.11. The number of hydrogen-bond acceptors (Lipinski definition) is 2. The number of amides is 2. The molecule has 0 unspecified atom stereocenters. The fourth-order valence-corrected chi connectivity index (χ4v) is 0.709. The predicted octanol–water partition coefficient (Wildman–Crippen LogP) is 1.21. The van der Waals surface area contributed by atoms with Crippen LogP contribution in [0.1, 0.15) is 13.8 Å². The first kappa shape index (κ1) is 8.43. The van der Waals surface area contributed by atoms with E-state index < -0.39 is 5.37 Å². The van der Waals surface area contributed by atoms with Crippen molar-refractivity contribution in [2.24, 2.45) is 0 Å². The molecule has 0 bridgehead atoms. The van der Waals surface area contributed by atoms with E-state index in [0.717, 1.165) is 4.90 Å². The highest BCUT2D eigenvalue weighted by molar-refractivity contribution is 6.63. The second-order valence-corrected chi connectivity index (χ2v) is 1.84. The summed E-state index contributed by atoms with van der Waals surface area (Å²) in [5, 5.41) is -0.718. The molecule has 0 radical (unpaired) electrons. The van der Waals surface area contributed by atoms with Crippen LogP contribution in [-0.4, -0.2) is 22.7 Å². The maximum atomic E-state index is 10.4. The van der Waals surface area contributed by atoms with E-state index in [9.17, 15) is 9.59 Å². The second-order valence-electron chi connectivity index (χ2n) is 1.52. The van der Waals surface area contributed by atoms with Crippen molar-refractivity contribution >= 4 is 22.9 Å². The highest BCUT2D eigenvalue weighted by atomic mass is 35.5. The van der Waals surface area contributed by atoms with E-state index in [1.807, 2.05) is 0 Å². The van der Waals surface area contributed by atoms with Gasteiger partial charge in [0.2, 0.25) is 5.91 Å². The zero-order valence-electron chi connectivity index (χ0n) is 5.35. The van der Waals surface area contributed by atoms with Crippen LogP contribution in [0.25, 0.3) is 0 Å². The quantitative estimate of drug-likeness (QED) is 0.415. The smallest absolute Gasteiger partial charge is 0.275 e. The average molecular weight is 150 g/mol. The molecule has 52 valence electrons. The Labute approximate surface area is 58.6 Å². The molecule has 0 aliphatic heterocycles. The molecule has 0 fully saturated rings. The summed E-state index contributed by atoms with van der Waals surface area (Å²) in [4.78, 5) is 21.7. The molecule has 0 heterocycles. The summed E-state index contributed by atoms with van der Waals surface area (Å²) in [5.74, 6) is -0.322. The molecule has 0 atom stereocenters. The lowest BCUT2D eigenvalue weighted by molar-refractivity contribution is -0.125. The number of carbonyl (C=O) groups is 2. The van der Waals surface area contributed by atoms with Crippen LogP contribution in [0.5, 0.6) is 0 Å². The average Bonchev–Trinajstić information content (AvgIpc) is 1.64. The highest BCUT2D eigenvalue weighted by Gasteiger charge is 2.11. The van der Waals surface area contributed by atoms with E-state index in [1.165, 1.54) is 6.92 Å². The fourth-order valence-electron chi connectivity index (χ4n) is 0.471. The van der Waals surface area contributed by atoms with Crippen LogP contribution < -0.4 is 0 Å². The molecule has 0 N–H and O–H groups in total. The van der Waals surface area contributed by atoms with E-state index in [4.69, 9.17) is 11.6 Å². The normalized spacial score (nSPS) is 8.78. The van der Waals surface area contributed by atoms with Gasteiger partial charge in [-0.15, -0.1) is 0 Å². The van der Waals surface area contributed by atoms with Crippen LogP contribution in [0.15, 0.2) is 0 Å². The summed E-state index contributed by atoms with van der Waals surface area (Å²) in [7, 11) is 0. The van der Waals surface area contributed by atoms with Crippen molar-refractivity contribution in [2.45, 2.75) is 13.8 Å². The zero-order valence-corrected chi connectivity index (χ0v) is 6.10. The molecular weight excluding hydrogens is 142 g/mol. The lowest BCUT2D eigenvalue weighted by atomic mass is 10.5. The van der Waals surface area contributed by atoms with E-state index in [-0.39, 0.29) is 5.91 Å². The molecule has 0 aromatic rings. The molecule has 0 aromatic carbocycles. The summed E-state index contributed by atoms with van der Waals surface area (Å²) in [6.45, 7) is 3.31. The van der Waals surface area contributed by atoms with Gasteiger partial charge >= 0.3 is 5.37 Å². The first-order chi connectivity index (χ1) is 4.09. The van der Waals surface area contributed by atoms with Crippen molar-refractivity contribution in [2.75, 3.05) is 6.54 Å². The minimum absolute atomic E-state index is 0.322. The molecule has 0 rings (SSSR count). The molecule has 0 spiro atoms. The van der Waals surface area contributed by atoms with E-state index in [2.05, 4.69) is 0 Å². The Hall–Kier alpha value is -0.570. The van der Waals surface area contributed by atoms with Gasteiger partial charge in [-0.1, -0.05) is 0 Å². The summed E-state index contributed by atoms with van der Waals surface area (Å²) < 4.78 is 0. The SMILES string of the molecule is CCN(C(C)=O)C(=O)Cl. The Kier molecular flexibility index (Phi) is 3.24. The zero-order chi connectivity index (χ0) is 7.44. The van der Waals surface area contributed by atoms with Gasteiger partial charge in [0.05, 0.1) is 0 Å². The van der Waals surface area contributed by atoms with Crippen molar-refractivity contribution in [3.05, 3.63) is 0 Å². The summed E-state index contributed by atoms with van der Waals surface area (Å²) >= 11 is 5.01. The molecule has 0 saturated carbocycles. The van der Waals surface area contributed by atoms with Gasteiger partial charge in [0.1, 0.15) is 0 Å². The van der Waals surface area contributed by atoms with Gasteiger partial charge in [-0.05, 0) is 18.5 Å². The van der Waals surface area contributed by atoms with Crippen molar-refractivity contribution in [1.29, 1.82) is 0 Å². The molecule has 0 aliphatic carbocycles. The van der Waals surface area contributed by atoms with E-state index in [0.29, 0.717) is 6.54 Å². The van der Waals surface area contributed by atoms with Crippen molar-refractivity contribution in [3.8, 4) is 0 Å². The number of nitrogens with zero attached hydrogens (tertiary/aromatic N) is 1. The fraction of sp³-hybridized carbons (Fsp3) is 0.600. The summed E-state index contributed by atoms with van der Waals surface area (Å²) in [6.07, 6.45) is 0. The van der Waals surface area contributed by atoms with Gasteiger partial charge in [0, 0.05) is 13.5 Å². The van der Waals surface area contributed by atoms with Crippen LogP contribution in [0.2, 0.25) is 0 Å². The van der Waals surface area contributed by atoms with Crippen molar-refractivity contribution in [1.82, 2.24) is 4.90 Å². The maximum Gasteiger partial charge on any atom is 0.322 e. The number of carbonyl (C=O) groups excluding carboxylic acids is 2. The predicted molar refractivity (Wildman–Crippen MR) is 34.3 cm³/mol. The topological polar surface area (TPSA) is 37.4 Å². The highest BCUT2D eigenvalue weighted by Crippen LogP contribution is 1.95. The largest absolute Gasteiger partial charge is 0.322 e. The molecule has 0 aromatic heterocycles. The summed E-state index contributed by atoms with van der Waals surface area (Å²) in [6, 6.07) is 0. The third-order valence-electron chi connectivity index (χ3n) is 0.909. The lowest BCUT2D eigenvalue weighted by Gasteiger charge is -2.10. The van der Waals surface area contributed by atoms with Crippen molar-refractivity contribution < 1.29 is 9.59 Å². The second kappa shape index (κ2) is 3.45. The summed E-state index contributed by atoms with van der Waals surface area (Å²) in [5.41, 5.74) is 0. The first-order valence-corrected chi connectivity index (χ1v) is 2.95. The number of halogens is 1. The van der Waals surface area contributed by atoms with Gasteiger partial charge < -0.3 is 0 Å². The Morgan fingerprint density at radius 2 is 2.00 bits per heavy atom. The van der Waals surface area contributed by atoms with Gasteiger partial charge in [-0.3, -0.25) is 14.5 Å². The van der Waals surface area contributed by atoms with Gasteiger partial charge in [-0.2, -0.15) is 0 Å². The first-order valence-electron chi connectivity index (χ1n) is 2.57. The Morgan fingerprint density at radius 1 is 1.56 bits per heavy atom. The van der Waals surface area contributed by atoms with E-state index >= 15 is 0 Å². The molecule has 4 heteroatoms. The van der Waals surface area contributed by atoms with Gasteiger partial charge in [-0.25, -0.2) is 0 Å². The molecule has 9 heavy (non-hydrogen) atoms. The maximum absolute atomic E-state index is 10.4. The molecular formula is C5H8ClNO2. The third kappa shape index (κ3) is 2.46. The Morgan fingerprint density at radius 3 is 2.00 bits per heavy atom. The van der Waals surface area contributed by atoms with Crippen molar-refractivity contribution in [3.63, 3.8) is 0 Å². The Bertz CT molecular complexity index is 121. The number of hydrogen-bond donors (Lipinski definition) is 0. The van der Waals surface area contributed by atoms with Crippen LogP contribution >= 0.6 is 11.6 Å². The molecule has 2 amide bonds. The number of imide groups is 1. The minimum Gasteiger partial charge on any atom is -0.275 e. The van der Waals surface area contributed by atoms with Crippen LogP contribution in [0, 0.1) is 0 Å². The lowest BCUT2D eigenvalue weighted by Crippen LogP contribution is -2.30. The standard InChI is InChI=1S/C5H8ClNO2/c1-3-7(4(2)8)5(6)9/h3H2,1-2H3. The Balaban J connectivity index is 3.99. The number of rotatable bonds is 1. The molecule has 0 saturated heterocycles. The van der Waals surface area contributed by atoms with Gasteiger partial charge in [0.15, 0.2) is 0 Å². The monoisotopic (exact) mass is 149 g/mol. The molecule has 0 aliphatic rings. The van der Waals surface area contributed by atoms with Crippen LogP contribution in [0.3, 0.4) is 0 Å². The van der Waals surface area contributed by atoms with Gasteiger partial charge in [0.25, 0.3) is 0 Å².